The van der Waals surface area contributed by atoms with Gasteiger partial charge in [0.2, 0.25) is 22.3 Å². The third-order valence-electron chi connectivity index (χ3n) is 5.72. The van der Waals surface area contributed by atoms with Crippen LogP contribution in [0.4, 0.5) is 9.93 Å². The average Bonchev–Trinajstić information content (AvgIpc) is 3.31. The van der Waals surface area contributed by atoms with Crippen LogP contribution in [0.1, 0.15) is 63.1 Å². The van der Waals surface area contributed by atoms with E-state index in [-0.39, 0.29) is 11.0 Å². The van der Waals surface area contributed by atoms with E-state index < -0.39 is 41.0 Å². The summed E-state index contributed by atoms with van der Waals surface area (Å²) in [5.74, 6) is -2.41. The first-order valence-electron chi connectivity index (χ1n) is 12.2. The molecule has 0 aliphatic heterocycles. The van der Waals surface area contributed by atoms with E-state index in [9.17, 15) is 19.5 Å². The minimum absolute atomic E-state index is 0.0135. The molecule has 1 aromatic heterocycles. The lowest BCUT2D eigenvalue weighted by atomic mass is 9.80. The fraction of sp³-hybridized carbons (Fsp3) is 0.333. The Morgan fingerprint density at radius 1 is 1.03 bits per heavy atom. The normalized spacial score (nSPS) is 14.7. The lowest BCUT2D eigenvalue weighted by Crippen LogP contribution is -2.48. The number of ether oxygens (including phenoxy) is 2. The maximum Gasteiger partial charge on any atom is 0.414 e. The number of carboxylic acids is 1. The molecule has 0 bridgehead atoms. The highest BCUT2D eigenvalue weighted by Crippen LogP contribution is 2.39. The van der Waals surface area contributed by atoms with Gasteiger partial charge in [-0.05, 0) is 38.3 Å². The molecule has 0 spiro atoms. The van der Waals surface area contributed by atoms with Crippen molar-refractivity contribution in [1.82, 2.24) is 9.36 Å². The zero-order chi connectivity index (χ0) is 28.0. The van der Waals surface area contributed by atoms with Gasteiger partial charge in [-0.15, -0.1) is 0 Å². The second-order valence-electron chi connectivity index (χ2n) is 9.84. The summed E-state index contributed by atoms with van der Waals surface area (Å²) in [7, 11) is 0. The van der Waals surface area contributed by atoms with Crippen LogP contribution in [-0.4, -0.2) is 49.4 Å². The molecule has 0 radical (unpaired) electrons. The quantitative estimate of drug-likeness (QED) is 0.214. The summed E-state index contributed by atoms with van der Waals surface area (Å²) in [6, 6.07) is 18.6. The van der Waals surface area contributed by atoms with Crippen LogP contribution < -0.4 is 5.32 Å². The van der Waals surface area contributed by atoms with Gasteiger partial charge in [0.1, 0.15) is 5.60 Å². The van der Waals surface area contributed by atoms with Crippen molar-refractivity contribution in [1.29, 1.82) is 0 Å². The molecule has 1 aliphatic carbocycles. The van der Waals surface area contributed by atoms with E-state index in [1.165, 1.54) is 0 Å². The number of benzene rings is 2. The fourth-order valence-corrected chi connectivity index (χ4v) is 4.26. The second kappa shape index (κ2) is 11.6. The van der Waals surface area contributed by atoms with E-state index >= 15 is 0 Å². The highest BCUT2D eigenvalue weighted by molar-refractivity contribution is 7.10. The number of amides is 1. The van der Waals surface area contributed by atoms with Crippen LogP contribution in [0.15, 0.2) is 65.8 Å². The summed E-state index contributed by atoms with van der Waals surface area (Å²) < 4.78 is 15.1. The van der Waals surface area contributed by atoms with Crippen LogP contribution in [0.3, 0.4) is 0 Å². The van der Waals surface area contributed by atoms with Crippen LogP contribution in [0.2, 0.25) is 0 Å². The van der Waals surface area contributed by atoms with Gasteiger partial charge in [-0.1, -0.05) is 65.8 Å². The molecule has 39 heavy (non-hydrogen) atoms. The Morgan fingerprint density at radius 2 is 1.62 bits per heavy atom. The minimum atomic E-state index is -1.47. The van der Waals surface area contributed by atoms with Crippen molar-refractivity contribution < 1.29 is 33.8 Å². The molecule has 4 rings (SSSR count). The Hall–Kier alpha value is -4.32. The number of anilines is 1. The Bertz CT molecular complexity index is 1310. The molecule has 1 aliphatic rings. The number of aromatic nitrogens is 2. The minimum Gasteiger partial charge on any atom is -0.476 e. The van der Waals surface area contributed by atoms with E-state index in [0.29, 0.717) is 19.3 Å². The van der Waals surface area contributed by atoms with Gasteiger partial charge < -0.3 is 19.4 Å². The van der Waals surface area contributed by atoms with Gasteiger partial charge in [0, 0.05) is 24.4 Å². The highest BCUT2D eigenvalue weighted by Gasteiger charge is 2.50. The van der Waals surface area contributed by atoms with Gasteiger partial charge in [-0.2, -0.15) is 9.36 Å². The van der Waals surface area contributed by atoms with E-state index in [1.54, 1.807) is 20.8 Å². The molecule has 0 saturated heterocycles. The number of aliphatic carboxylic acids is 1. The number of nitrogens with one attached hydrogen (secondary N) is 1. The van der Waals surface area contributed by atoms with Crippen molar-refractivity contribution in [3.63, 3.8) is 0 Å². The standard InChI is InChI=1S/C27H28N4O7S/c1-26(2,3)37-25(35)29-24-28-21(31-39-24)19(22(32)33)30-38-27(15-10-16-27)23(34)36-20(17-11-6-4-7-12-17)18-13-8-5-9-14-18/h4-9,11-14,20H,10,15-16H2,1-3H3,(H,32,33)(H,28,29,31,35)/b30-19-. The third kappa shape index (κ3) is 6.96. The fourth-order valence-electron chi connectivity index (χ4n) is 3.70. The van der Waals surface area contributed by atoms with Crippen molar-refractivity contribution in [2.45, 2.75) is 57.3 Å². The molecule has 1 saturated carbocycles. The van der Waals surface area contributed by atoms with Crippen LogP contribution >= 0.6 is 11.5 Å². The predicted octanol–water partition coefficient (Wildman–Crippen LogP) is 4.95. The topological polar surface area (TPSA) is 149 Å². The molecule has 0 atom stereocenters. The number of hydrogen-bond acceptors (Lipinski definition) is 10. The molecule has 1 heterocycles. The molecular weight excluding hydrogens is 524 g/mol. The van der Waals surface area contributed by atoms with Crippen LogP contribution in [0.25, 0.3) is 0 Å². The summed E-state index contributed by atoms with van der Waals surface area (Å²) in [5, 5.41) is 15.9. The van der Waals surface area contributed by atoms with Crippen LogP contribution in [0.5, 0.6) is 0 Å². The number of oxime groups is 1. The third-order valence-corrected chi connectivity index (χ3v) is 6.35. The van der Waals surface area contributed by atoms with E-state index in [0.717, 1.165) is 22.7 Å². The SMILES string of the molecule is CC(C)(C)OC(=O)Nc1nc(/C(=N/OC2(C(=O)OC(c3ccccc3)c3ccccc3)CCC2)C(=O)O)ns1. The van der Waals surface area contributed by atoms with Crippen molar-refractivity contribution in [3.05, 3.63) is 77.6 Å². The monoisotopic (exact) mass is 552 g/mol. The first-order valence-corrected chi connectivity index (χ1v) is 13.0. The molecule has 2 aromatic carbocycles. The van der Waals surface area contributed by atoms with Gasteiger partial charge in [0.25, 0.3) is 0 Å². The Morgan fingerprint density at radius 3 is 2.10 bits per heavy atom. The molecule has 2 N–H and O–H groups in total. The van der Waals surface area contributed by atoms with E-state index in [1.807, 2.05) is 60.7 Å². The van der Waals surface area contributed by atoms with Crippen LogP contribution in [-0.2, 0) is 23.9 Å². The van der Waals surface area contributed by atoms with Gasteiger partial charge in [0.05, 0.1) is 0 Å². The number of rotatable bonds is 9. The number of esters is 1. The van der Waals surface area contributed by atoms with Gasteiger partial charge in [0.15, 0.2) is 6.10 Å². The van der Waals surface area contributed by atoms with Crippen molar-refractivity contribution in [2.24, 2.45) is 5.16 Å². The molecule has 1 fully saturated rings. The number of carbonyl (C=O) groups is 3. The molecule has 204 valence electrons. The summed E-state index contributed by atoms with van der Waals surface area (Å²) >= 11 is 0.748. The Balaban J connectivity index is 1.52. The molecule has 12 heteroatoms. The average molecular weight is 553 g/mol. The first-order chi connectivity index (χ1) is 18.6. The first kappa shape index (κ1) is 27.7. The maximum atomic E-state index is 13.4. The van der Waals surface area contributed by atoms with Crippen molar-refractivity contribution >= 4 is 40.4 Å². The number of carbonyl (C=O) groups excluding carboxylic acids is 2. The predicted molar refractivity (Wildman–Crippen MR) is 142 cm³/mol. The molecule has 0 unspecified atom stereocenters. The largest absolute Gasteiger partial charge is 0.476 e. The van der Waals surface area contributed by atoms with Crippen molar-refractivity contribution in [3.8, 4) is 0 Å². The second-order valence-corrected chi connectivity index (χ2v) is 10.6. The summed E-state index contributed by atoms with van der Waals surface area (Å²) in [5.41, 5.74) is -1.25. The van der Waals surface area contributed by atoms with E-state index in [4.69, 9.17) is 14.3 Å². The molecule has 11 nitrogen and oxygen atoms in total. The summed E-state index contributed by atoms with van der Waals surface area (Å²) in [4.78, 5) is 46.9. The summed E-state index contributed by atoms with van der Waals surface area (Å²) in [6.07, 6.45) is -0.181. The van der Waals surface area contributed by atoms with Gasteiger partial charge in [-0.25, -0.2) is 14.4 Å². The number of hydrogen-bond donors (Lipinski definition) is 2. The van der Waals surface area contributed by atoms with Gasteiger partial charge >= 0.3 is 18.0 Å². The van der Waals surface area contributed by atoms with Crippen molar-refractivity contribution in [2.75, 3.05) is 5.32 Å². The summed E-state index contributed by atoms with van der Waals surface area (Å²) in [6.45, 7) is 5.11. The van der Waals surface area contributed by atoms with Gasteiger partial charge in [-0.3, -0.25) is 5.32 Å². The van der Waals surface area contributed by atoms with E-state index in [2.05, 4.69) is 19.8 Å². The Kier molecular flexibility index (Phi) is 8.24. The molecular formula is C27H28N4O7S. The molecule has 1 amide bonds. The highest BCUT2D eigenvalue weighted by atomic mass is 32.1. The number of nitrogens with zero attached hydrogens (tertiary/aromatic N) is 3. The molecule has 3 aromatic rings. The number of carboxylic acid groups (broad SMARTS) is 1. The van der Waals surface area contributed by atoms with Crippen LogP contribution in [0, 0.1) is 0 Å². The zero-order valence-electron chi connectivity index (χ0n) is 21.6. The Labute approximate surface area is 229 Å². The smallest absolute Gasteiger partial charge is 0.414 e. The lowest BCUT2D eigenvalue weighted by Gasteiger charge is -2.37. The maximum absolute atomic E-state index is 13.4. The lowest BCUT2D eigenvalue weighted by molar-refractivity contribution is -0.189. The zero-order valence-corrected chi connectivity index (χ0v) is 22.4.